The molecule has 134 valence electrons. The maximum Gasteiger partial charge on any atom is 0.343 e. The molecule has 0 atom stereocenters. The number of halogens is 1. The molecule has 2 heterocycles. The van der Waals surface area contributed by atoms with Crippen LogP contribution in [0.4, 0.5) is 0 Å². The number of carbonyl (C=O) groups excluding carboxylic acids is 1. The molecule has 0 N–H and O–H groups in total. The number of furan rings is 1. The van der Waals surface area contributed by atoms with Gasteiger partial charge in [0.15, 0.2) is 5.76 Å². The largest absolute Gasteiger partial charge is 0.461 e. The number of benzene rings is 2. The number of hydrogen-bond donors (Lipinski definition) is 0. The van der Waals surface area contributed by atoms with Crippen molar-refractivity contribution in [3.8, 4) is 17.3 Å². The highest BCUT2D eigenvalue weighted by Crippen LogP contribution is 2.32. The Morgan fingerprint density at radius 2 is 1.93 bits per heavy atom. The van der Waals surface area contributed by atoms with Crippen molar-refractivity contribution in [2.75, 3.05) is 0 Å². The first kappa shape index (κ1) is 17.3. The quantitative estimate of drug-likeness (QED) is 0.415. The first-order valence-corrected chi connectivity index (χ1v) is 8.91. The van der Waals surface area contributed by atoms with E-state index in [1.165, 1.54) is 6.26 Å². The number of rotatable bonds is 3. The number of fused-ring (bicyclic) bond motifs is 1. The van der Waals surface area contributed by atoms with Crippen molar-refractivity contribution in [1.29, 1.82) is 0 Å². The van der Waals surface area contributed by atoms with E-state index in [4.69, 9.17) is 13.6 Å². The van der Waals surface area contributed by atoms with Crippen molar-refractivity contribution >= 4 is 32.9 Å². The average Bonchev–Trinajstić information content (AvgIpc) is 3.18. The Morgan fingerprint density at radius 1 is 1.07 bits per heavy atom. The summed E-state index contributed by atoms with van der Waals surface area (Å²) in [6.07, 6.45) is 1.45. The van der Waals surface area contributed by atoms with E-state index in [9.17, 15) is 9.59 Å². The molecule has 0 aliphatic heterocycles. The van der Waals surface area contributed by atoms with Crippen molar-refractivity contribution in [3.05, 3.63) is 86.7 Å². The van der Waals surface area contributed by atoms with E-state index in [2.05, 4.69) is 15.9 Å². The summed E-state index contributed by atoms with van der Waals surface area (Å²) in [5, 5.41) is 0.327. The molecule has 0 bridgehead atoms. The summed E-state index contributed by atoms with van der Waals surface area (Å²) >= 11 is 3.31. The number of esters is 1. The van der Waals surface area contributed by atoms with Gasteiger partial charge in [-0.25, -0.2) is 4.79 Å². The highest BCUT2D eigenvalue weighted by molar-refractivity contribution is 9.10. The van der Waals surface area contributed by atoms with Crippen molar-refractivity contribution in [3.63, 3.8) is 0 Å². The molecule has 6 heteroatoms. The molecule has 27 heavy (non-hydrogen) atoms. The molecule has 5 nitrogen and oxygen atoms in total. The van der Waals surface area contributed by atoms with Crippen LogP contribution in [-0.4, -0.2) is 5.97 Å². The van der Waals surface area contributed by atoms with E-state index >= 15 is 0 Å². The first-order valence-electron chi connectivity index (χ1n) is 8.12. The summed E-state index contributed by atoms with van der Waals surface area (Å²) in [5.41, 5.74) is 1.20. The predicted octanol–water partition coefficient (Wildman–Crippen LogP) is 5.34. The third-order valence-corrected chi connectivity index (χ3v) is 4.50. The van der Waals surface area contributed by atoms with Crippen LogP contribution in [0.3, 0.4) is 0 Å². The van der Waals surface area contributed by atoms with E-state index < -0.39 is 11.4 Å². The minimum absolute atomic E-state index is 0.0754. The highest BCUT2D eigenvalue weighted by Gasteiger charge is 2.23. The zero-order chi connectivity index (χ0) is 19.0. The Bertz CT molecular complexity index is 1210. The van der Waals surface area contributed by atoms with Crippen LogP contribution in [0.5, 0.6) is 5.75 Å². The average molecular weight is 425 g/mol. The van der Waals surface area contributed by atoms with Gasteiger partial charge >= 0.3 is 5.97 Å². The zero-order valence-corrected chi connectivity index (χ0v) is 15.8. The third kappa shape index (κ3) is 3.31. The number of hydrogen-bond acceptors (Lipinski definition) is 5. The molecule has 4 aromatic rings. The lowest BCUT2D eigenvalue weighted by atomic mass is 10.1. The summed E-state index contributed by atoms with van der Waals surface area (Å²) in [6, 6.07) is 15.2. The molecule has 2 aromatic heterocycles. The van der Waals surface area contributed by atoms with Crippen LogP contribution in [0.15, 0.2) is 79.0 Å². The van der Waals surface area contributed by atoms with Crippen molar-refractivity contribution in [2.45, 2.75) is 6.92 Å². The van der Waals surface area contributed by atoms with Gasteiger partial charge in [-0.3, -0.25) is 4.79 Å². The van der Waals surface area contributed by atoms with Crippen LogP contribution in [0.2, 0.25) is 0 Å². The molecular formula is C21H13BrO5. The minimum atomic E-state index is -0.664. The Labute approximate surface area is 162 Å². The fourth-order valence-electron chi connectivity index (χ4n) is 2.71. The minimum Gasteiger partial charge on any atom is -0.461 e. The van der Waals surface area contributed by atoms with E-state index in [1.807, 2.05) is 6.92 Å². The number of ether oxygens (including phenoxy) is 1. The fourth-order valence-corrected chi connectivity index (χ4v) is 3.11. The molecule has 0 radical (unpaired) electrons. The van der Waals surface area contributed by atoms with Gasteiger partial charge < -0.3 is 13.6 Å². The van der Waals surface area contributed by atoms with Gasteiger partial charge in [0.1, 0.15) is 5.58 Å². The van der Waals surface area contributed by atoms with Gasteiger partial charge in [0.2, 0.25) is 16.9 Å². The lowest BCUT2D eigenvalue weighted by molar-refractivity contribution is 0.0731. The van der Waals surface area contributed by atoms with Crippen molar-refractivity contribution in [2.24, 2.45) is 0 Å². The van der Waals surface area contributed by atoms with Crippen molar-refractivity contribution in [1.82, 2.24) is 0 Å². The fraction of sp³-hybridized carbons (Fsp3) is 0.0476. The summed E-state index contributed by atoms with van der Waals surface area (Å²) < 4.78 is 17.4. The summed E-state index contributed by atoms with van der Waals surface area (Å²) in [5.74, 6) is -0.492. The van der Waals surface area contributed by atoms with Crippen LogP contribution in [0.25, 0.3) is 22.5 Å². The molecule has 0 spiro atoms. The molecule has 4 rings (SSSR count). The number of carbonyl (C=O) groups is 1. The van der Waals surface area contributed by atoms with Gasteiger partial charge in [-0.15, -0.1) is 0 Å². The van der Waals surface area contributed by atoms with Crippen LogP contribution in [0, 0.1) is 6.92 Å². The molecule has 0 aliphatic rings. The Morgan fingerprint density at radius 3 is 2.67 bits per heavy atom. The standard InChI is InChI=1S/C21H13BrO5/c1-12-7-8-15-17(10-12)26-19(16-6-3-9-25-16)20(18(15)23)27-21(24)13-4-2-5-14(22)11-13/h2-11H,1H3. The lowest BCUT2D eigenvalue weighted by Gasteiger charge is -2.09. The Kier molecular flexibility index (Phi) is 4.41. The Hall–Kier alpha value is -3.12. The predicted molar refractivity (Wildman–Crippen MR) is 104 cm³/mol. The molecule has 0 fully saturated rings. The van der Waals surface area contributed by atoms with Gasteiger partial charge in [-0.2, -0.15) is 0 Å². The van der Waals surface area contributed by atoms with Crippen LogP contribution in [-0.2, 0) is 0 Å². The lowest BCUT2D eigenvalue weighted by Crippen LogP contribution is -2.16. The van der Waals surface area contributed by atoms with E-state index in [1.54, 1.807) is 54.6 Å². The maximum absolute atomic E-state index is 13.0. The second-order valence-corrected chi connectivity index (χ2v) is 6.88. The SMILES string of the molecule is Cc1ccc2c(=O)c(OC(=O)c3cccc(Br)c3)c(-c3ccco3)oc2c1. The summed E-state index contributed by atoms with van der Waals surface area (Å²) in [6.45, 7) is 1.90. The summed E-state index contributed by atoms with van der Waals surface area (Å²) in [7, 11) is 0. The van der Waals surface area contributed by atoms with Gasteiger partial charge in [0.25, 0.3) is 0 Å². The molecule has 0 unspecified atom stereocenters. The smallest absolute Gasteiger partial charge is 0.343 e. The monoisotopic (exact) mass is 424 g/mol. The second-order valence-electron chi connectivity index (χ2n) is 5.97. The van der Waals surface area contributed by atoms with Crippen molar-refractivity contribution < 1.29 is 18.4 Å². The van der Waals surface area contributed by atoms with Gasteiger partial charge in [0, 0.05) is 4.47 Å². The zero-order valence-electron chi connectivity index (χ0n) is 14.2. The molecular weight excluding hydrogens is 412 g/mol. The van der Waals surface area contributed by atoms with Gasteiger partial charge in [0.05, 0.1) is 17.2 Å². The summed E-state index contributed by atoms with van der Waals surface area (Å²) in [4.78, 5) is 25.6. The van der Waals surface area contributed by atoms with Gasteiger partial charge in [-0.1, -0.05) is 28.1 Å². The van der Waals surface area contributed by atoms with Crippen LogP contribution in [0.1, 0.15) is 15.9 Å². The van der Waals surface area contributed by atoms with E-state index in [-0.39, 0.29) is 11.5 Å². The van der Waals surface area contributed by atoms with Crippen LogP contribution >= 0.6 is 15.9 Å². The maximum atomic E-state index is 13.0. The first-order chi connectivity index (χ1) is 13.0. The second kappa shape index (κ2) is 6.89. The van der Waals surface area contributed by atoms with E-state index in [0.29, 0.717) is 22.3 Å². The molecule has 0 amide bonds. The van der Waals surface area contributed by atoms with Gasteiger partial charge in [-0.05, 0) is 55.0 Å². The Balaban J connectivity index is 1.89. The highest BCUT2D eigenvalue weighted by atomic mass is 79.9. The topological polar surface area (TPSA) is 69.7 Å². The molecule has 0 aliphatic carbocycles. The van der Waals surface area contributed by atoms with Crippen LogP contribution < -0.4 is 10.2 Å². The number of aryl methyl sites for hydroxylation is 1. The molecule has 0 saturated carbocycles. The molecule has 2 aromatic carbocycles. The normalized spacial score (nSPS) is 10.9. The molecule has 0 saturated heterocycles. The van der Waals surface area contributed by atoms with E-state index in [0.717, 1.165) is 10.0 Å². The third-order valence-electron chi connectivity index (χ3n) is 4.01.